The third-order valence-electron chi connectivity index (χ3n) is 5.53. The van der Waals surface area contributed by atoms with Crippen molar-refractivity contribution in [3.05, 3.63) is 96.1 Å². The molecule has 0 saturated carbocycles. The first kappa shape index (κ1) is 24.0. The van der Waals surface area contributed by atoms with E-state index in [1.807, 2.05) is 50.2 Å². The van der Waals surface area contributed by atoms with Crippen LogP contribution in [0.1, 0.15) is 30.2 Å². The van der Waals surface area contributed by atoms with E-state index in [0.717, 1.165) is 11.1 Å². The minimum Gasteiger partial charge on any atom is -0.335 e. The summed E-state index contributed by atoms with van der Waals surface area (Å²) >= 11 is 1.50. The number of benzene rings is 3. The van der Waals surface area contributed by atoms with Gasteiger partial charge in [-0.25, -0.2) is 13.1 Å². The standard InChI is InChI=1S/C25H27N5O2S2/c1-3-29(4-2)34(31,32)22-17-11-16-21(18-22)24-27-28-25(30(24)26)33-23(19-12-7-5-8-13-19)20-14-9-6-10-15-20/h5-18,23H,3-4,26H2,1-2H3. The molecule has 0 aliphatic heterocycles. The summed E-state index contributed by atoms with van der Waals surface area (Å²) in [6.07, 6.45) is 0. The maximum absolute atomic E-state index is 13.0. The zero-order valence-corrected chi connectivity index (χ0v) is 20.7. The highest BCUT2D eigenvalue weighted by molar-refractivity contribution is 7.99. The van der Waals surface area contributed by atoms with Crippen LogP contribution in [0.3, 0.4) is 0 Å². The van der Waals surface area contributed by atoms with Crippen molar-refractivity contribution in [1.29, 1.82) is 0 Å². The minimum atomic E-state index is -3.60. The molecule has 3 aromatic carbocycles. The summed E-state index contributed by atoms with van der Waals surface area (Å²) in [5.74, 6) is 6.82. The van der Waals surface area contributed by atoms with Crippen molar-refractivity contribution in [3.8, 4) is 11.4 Å². The number of rotatable bonds is 9. The lowest BCUT2D eigenvalue weighted by Gasteiger charge is -2.18. The zero-order chi connectivity index (χ0) is 24.1. The molecular formula is C25H27N5O2S2. The van der Waals surface area contributed by atoms with Gasteiger partial charge >= 0.3 is 0 Å². The Balaban J connectivity index is 1.68. The number of hydrogen-bond acceptors (Lipinski definition) is 6. The molecule has 1 aromatic heterocycles. The molecule has 0 fully saturated rings. The van der Waals surface area contributed by atoms with Crippen LogP contribution in [0.2, 0.25) is 0 Å². The molecule has 1 heterocycles. The van der Waals surface area contributed by atoms with Gasteiger partial charge in [-0.3, -0.25) is 0 Å². The first-order valence-corrected chi connectivity index (χ1v) is 13.3. The quantitative estimate of drug-likeness (QED) is 0.271. The fourth-order valence-electron chi connectivity index (χ4n) is 3.75. The van der Waals surface area contributed by atoms with Gasteiger partial charge in [-0.15, -0.1) is 10.2 Å². The number of nitrogens with two attached hydrogens (primary N) is 1. The van der Waals surface area contributed by atoms with Gasteiger partial charge in [-0.2, -0.15) is 4.31 Å². The number of thioether (sulfide) groups is 1. The van der Waals surface area contributed by atoms with Crippen LogP contribution >= 0.6 is 11.8 Å². The molecule has 9 heteroatoms. The fraction of sp³-hybridized carbons (Fsp3) is 0.200. The third kappa shape index (κ3) is 4.86. The van der Waals surface area contributed by atoms with E-state index in [2.05, 4.69) is 34.5 Å². The maximum Gasteiger partial charge on any atom is 0.243 e. The topological polar surface area (TPSA) is 94.1 Å². The van der Waals surface area contributed by atoms with Gasteiger partial charge in [0.1, 0.15) is 0 Å². The molecule has 176 valence electrons. The van der Waals surface area contributed by atoms with Crippen LogP contribution in [0.5, 0.6) is 0 Å². The molecule has 0 spiro atoms. The summed E-state index contributed by atoms with van der Waals surface area (Å²) < 4.78 is 28.8. The van der Waals surface area contributed by atoms with Gasteiger partial charge in [0.05, 0.1) is 10.1 Å². The normalized spacial score (nSPS) is 11.9. The average molecular weight is 494 g/mol. The Morgan fingerprint density at radius 3 is 2.03 bits per heavy atom. The zero-order valence-electron chi connectivity index (χ0n) is 19.1. The molecule has 4 rings (SSSR count). The molecule has 0 unspecified atom stereocenters. The maximum atomic E-state index is 13.0. The highest BCUT2D eigenvalue weighted by Gasteiger charge is 2.24. The number of hydrogen-bond donors (Lipinski definition) is 1. The van der Waals surface area contributed by atoms with Gasteiger partial charge in [-0.05, 0) is 23.3 Å². The second-order valence-corrected chi connectivity index (χ2v) is 10.6. The van der Waals surface area contributed by atoms with Crippen LogP contribution in [-0.4, -0.2) is 40.7 Å². The predicted octanol–water partition coefficient (Wildman–Crippen LogP) is 4.57. The van der Waals surface area contributed by atoms with Crippen LogP contribution in [0.25, 0.3) is 11.4 Å². The van der Waals surface area contributed by atoms with Gasteiger partial charge < -0.3 is 5.84 Å². The second kappa shape index (κ2) is 10.4. The number of aromatic nitrogens is 3. The van der Waals surface area contributed by atoms with Crippen LogP contribution < -0.4 is 5.84 Å². The number of nitrogens with zero attached hydrogens (tertiary/aromatic N) is 4. The number of nitrogen functional groups attached to an aromatic ring is 1. The van der Waals surface area contributed by atoms with Crippen molar-refractivity contribution in [1.82, 2.24) is 19.2 Å². The fourth-order valence-corrected chi connectivity index (χ4v) is 6.34. The highest BCUT2D eigenvalue weighted by Crippen LogP contribution is 2.40. The minimum absolute atomic E-state index is 0.0314. The van der Waals surface area contributed by atoms with Crippen molar-refractivity contribution in [3.63, 3.8) is 0 Å². The van der Waals surface area contributed by atoms with Crippen LogP contribution in [-0.2, 0) is 10.0 Å². The molecule has 0 radical (unpaired) electrons. The molecule has 0 saturated heterocycles. The molecule has 34 heavy (non-hydrogen) atoms. The summed E-state index contributed by atoms with van der Waals surface area (Å²) in [6, 6.07) is 27.0. The van der Waals surface area contributed by atoms with Gasteiger partial charge in [-0.1, -0.05) is 98.4 Å². The molecular weight excluding hydrogens is 466 g/mol. The highest BCUT2D eigenvalue weighted by atomic mass is 32.2. The summed E-state index contributed by atoms with van der Waals surface area (Å²) in [6.45, 7) is 4.44. The SMILES string of the molecule is CCN(CC)S(=O)(=O)c1cccc(-c2nnc(SC(c3ccccc3)c3ccccc3)n2N)c1. The molecule has 4 aromatic rings. The van der Waals surface area contributed by atoms with E-state index in [-0.39, 0.29) is 10.1 Å². The average Bonchev–Trinajstić information content (AvgIpc) is 3.24. The Morgan fingerprint density at radius 1 is 0.882 bits per heavy atom. The summed E-state index contributed by atoms with van der Waals surface area (Å²) in [5, 5.41) is 9.13. The Bertz CT molecular complexity index is 1300. The Hall–Kier alpha value is -3.14. The van der Waals surface area contributed by atoms with E-state index in [1.54, 1.807) is 24.3 Å². The van der Waals surface area contributed by atoms with E-state index in [1.165, 1.54) is 20.7 Å². The van der Waals surface area contributed by atoms with Crippen molar-refractivity contribution in [2.75, 3.05) is 18.9 Å². The van der Waals surface area contributed by atoms with Crippen molar-refractivity contribution < 1.29 is 8.42 Å². The van der Waals surface area contributed by atoms with Gasteiger partial charge in [0.15, 0.2) is 5.82 Å². The lowest BCUT2D eigenvalue weighted by atomic mass is 10.0. The van der Waals surface area contributed by atoms with Gasteiger partial charge in [0.25, 0.3) is 0 Å². The van der Waals surface area contributed by atoms with Crippen LogP contribution in [0.4, 0.5) is 0 Å². The lowest BCUT2D eigenvalue weighted by Crippen LogP contribution is -2.30. The molecule has 0 atom stereocenters. The molecule has 7 nitrogen and oxygen atoms in total. The Kier molecular flexibility index (Phi) is 7.35. The Morgan fingerprint density at radius 2 is 1.47 bits per heavy atom. The Labute approximate surface area is 204 Å². The van der Waals surface area contributed by atoms with E-state index in [0.29, 0.717) is 29.6 Å². The first-order chi connectivity index (χ1) is 16.5. The smallest absolute Gasteiger partial charge is 0.243 e. The van der Waals surface area contributed by atoms with Crippen molar-refractivity contribution >= 4 is 21.8 Å². The van der Waals surface area contributed by atoms with E-state index >= 15 is 0 Å². The lowest BCUT2D eigenvalue weighted by molar-refractivity contribution is 0.445. The molecule has 0 aliphatic rings. The predicted molar refractivity (Wildman–Crippen MR) is 136 cm³/mol. The van der Waals surface area contributed by atoms with E-state index in [4.69, 9.17) is 5.84 Å². The largest absolute Gasteiger partial charge is 0.335 e. The van der Waals surface area contributed by atoms with Crippen LogP contribution in [0, 0.1) is 0 Å². The summed E-state index contributed by atoms with van der Waals surface area (Å²) in [4.78, 5) is 0.206. The first-order valence-electron chi connectivity index (χ1n) is 11.0. The van der Waals surface area contributed by atoms with E-state index in [9.17, 15) is 8.42 Å². The van der Waals surface area contributed by atoms with E-state index < -0.39 is 10.0 Å². The van der Waals surface area contributed by atoms with Crippen LogP contribution in [0.15, 0.2) is 95.0 Å². The van der Waals surface area contributed by atoms with Gasteiger partial charge in [0.2, 0.25) is 15.2 Å². The monoisotopic (exact) mass is 493 g/mol. The molecule has 2 N–H and O–H groups in total. The van der Waals surface area contributed by atoms with Gasteiger partial charge in [0, 0.05) is 18.7 Å². The molecule has 0 bridgehead atoms. The summed E-state index contributed by atoms with van der Waals surface area (Å²) in [7, 11) is -3.60. The summed E-state index contributed by atoms with van der Waals surface area (Å²) in [5.41, 5.74) is 2.83. The number of sulfonamides is 1. The second-order valence-electron chi connectivity index (χ2n) is 7.61. The third-order valence-corrected chi connectivity index (χ3v) is 8.84. The molecule has 0 aliphatic carbocycles. The van der Waals surface area contributed by atoms with Crippen molar-refractivity contribution in [2.45, 2.75) is 29.1 Å². The van der Waals surface area contributed by atoms with Crippen molar-refractivity contribution in [2.24, 2.45) is 0 Å². The molecule has 0 amide bonds.